The molecule has 0 saturated carbocycles. The van der Waals surface area contributed by atoms with Crippen molar-refractivity contribution in [2.75, 3.05) is 18.0 Å². The van der Waals surface area contributed by atoms with Crippen molar-refractivity contribution in [3.63, 3.8) is 0 Å². The smallest absolute Gasteiger partial charge is 0.315 e. The molecule has 0 bridgehead atoms. The van der Waals surface area contributed by atoms with Gasteiger partial charge in [-0.2, -0.15) is 0 Å². The SMILES string of the molecule is Cc1cc(C)cc(CC(C)NC(=O)NC2CCN(c3nccs3)CC2)c1. The Bertz CT molecular complexity index is 703. The van der Waals surface area contributed by atoms with Gasteiger partial charge in [-0.25, -0.2) is 9.78 Å². The summed E-state index contributed by atoms with van der Waals surface area (Å²) in [7, 11) is 0. The van der Waals surface area contributed by atoms with E-state index in [0.717, 1.165) is 37.5 Å². The molecule has 140 valence electrons. The van der Waals surface area contributed by atoms with Crippen molar-refractivity contribution in [1.82, 2.24) is 15.6 Å². The summed E-state index contributed by atoms with van der Waals surface area (Å²) in [6.07, 6.45) is 4.60. The van der Waals surface area contributed by atoms with E-state index < -0.39 is 0 Å². The molecule has 1 atom stereocenters. The normalized spacial score (nSPS) is 16.3. The van der Waals surface area contributed by atoms with Crippen molar-refractivity contribution in [3.8, 4) is 0 Å². The second-order valence-electron chi connectivity index (χ2n) is 7.29. The lowest BCUT2D eigenvalue weighted by Gasteiger charge is -2.32. The molecule has 3 rings (SSSR count). The van der Waals surface area contributed by atoms with Crippen molar-refractivity contribution in [1.29, 1.82) is 0 Å². The zero-order valence-electron chi connectivity index (χ0n) is 15.8. The highest BCUT2D eigenvalue weighted by molar-refractivity contribution is 7.13. The summed E-state index contributed by atoms with van der Waals surface area (Å²) in [4.78, 5) is 19.0. The highest BCUT2D eigenvalue weighted by atomic mass is 32.1. The number of hydrogen-bond acceptors (Lipinski definition) is 4. The van der Waals surface area contributed by atoms with Gasteiger partial charge in [-0.1, -0.05) is 29.3 Å². The minimum atomic E-state index is -0.0606. The molecule has 0 aliphatic carbocycles. The van der Waals surface area contributed by atoms with Gasteiger partial charge in [0.1, 0.15) is 0 Å². The minimum absolute atomic E-state index is 0.0606. The molecule has 26 heavy (non-hydrogen) atoms. The summed E-state index contributed by atoms with van der Waals surface area (Å²) >= 11 is 1.67. The van der Waals surface area contributed by atoms with Gasteiger partial charge in [-0.05, 0) is 45.6 Å². The lowest BCUT2D eigenvalue weighted by molar-refractivity contribution is 0.231. The maximum absolute atomic E-state index is 12.3. The van der Waals surface area contributed by atoms with Crippen molar-refractivity contribution in [3.05, 3.63) is 46.5 Å². The highest BCUT2D eigenvalue weighted by Gasteiger charge is 2.22. The number of rotatable bonds is 5. The number of urea groups is 1. The van der Waals surface area contributed by atoms with E-state index >= 15 is 0 Å². The average molecular weight is 373 g/mol. The molecule has 2 aromatic rings. The molecule has 2 heterocycles. The molecule has 1 aliphatic heterocycles. The van der Waals surface area contributed by atoms with Gasteiger partial charge in [-0.3, -0.25) is 0 Å². The van der Waals surface area contributed by atoms with Gasteiger partial charge >= 0.3 is 6.03 Å². The monoisotopic (exact) mass is 372 g/mol. The number of thiazole rings is 1. The number of nitrogens with zero attached hydrogens (tertiary/aromatic N) is 2. The molecule has 1 aromatic carbocycles. The van der Waals surface area contributed by atoms with Crippen LogP contribution in [0.2, 0.25) is 0 Å². The van der Waals surface area contributed by atoms with Crippen LogP contribution in [-0.4, -0.2) is 36.2 Å². The number of hydrogen-bond donors (Lipinski definition) is 2. The van der Waals surface area contributed by atoms with E-state index in [9.17, 15) is 4.79 Å². The Morgan fingerprint density at radius 2 is 1.96 bits per heavy atom. The quantitative estimate of drug-likeness (QED) is 0.842. The predicted molar refractivity (Wildman–Crippen MR) is 108 cm³/mol. The molecule has 6 heteroatoms. The van der Waals surface area contributed by atoms with Crippen LogP contribution in [0.3, 0.4) is 0 Å². The first-order chi connectivity index (χ1) is 12.5. The Kier molecular flexibility index (Phi) is 6.14. The van der Waals surface area contributed by atoms with Crippen molar-refractivity contribution >= 4 is 22.5 Å². The van der Waals surface area contributed by atoms with Crippen molar-refractivity contribution in [2.24, 2.45) is 0 Å². The molecule has 2 N–H and O–H groups in total. The van der Waals surface area contributed by atoms with Crippen LogP contribution in [-0.2, 0) is 6.42 Å². The topological polar surface area (TPSA) is 57.3 Å². The van der Waals surface area contributed by atoms with Gasteiger partial charge in [0, 0.05) is 36.8 Å². The molecule has 1 aliphatic rings. The second-order valence-corrected chi connectivity index (χ2v) is 8.17. The fraction of sp³-hybridized carbons (Fsp3) is 0.500. The van der Waals surface area contributed by atoms with E-state index in [1.807, 2.05) is 11.6 Å². The van der Waals surface area contributed by atoms with Crippen LogP contribution >= 0.6 is 11.3 Å². The zero-order chi connectivity index (χ0) is 18.5. The Morgan fingerprint density at radius 3 is 2.58 bits per heavy atom. The lowest BCUT2D eigenvalue weighted by Crippen LogP contribution is -2.50. The fourth-order valence-electron chi connectivity index (χ4n) is 3.63. The third-order valence-electron chi connectivity index (χ3n) is 4.72. The van der Waals surface area contributed by atoms with Crippen LogP contribution in [0, 0.1) is 13.8 Å². The third kappa shape index (κ3) is 5.21. The lowest BCUT2D eigenvalue weighted by atomic mass is 10.0. The fourth-order valence-corrected chi connectivity index (χ4v) is 4.33. The Morgan fingerprint density at radius 1 is 1.27 bits per heavy atom. The molecule has 0 spiro atoms. The second kappa shape index (κ2) is 8.54. The molecule has 2 amide bonds. The van der Waals surface area contributed by atoms with E-state index in [0.29, 0.717) is 0 Å². The zero-order valence-corrected chi connectivity index (χ0v) is 16.6. The molecule has 1 fully saturated rings. The van der Waals surface area contributed by atoms with Crippen LogP contribution in [0.4, 0.5) is 9.93 Å². The number of aryl methyl sites for hydroxylation is 2. The first kappa shape index (κ1) is 18.7. The number of nitrogens with one attached hydrogen (secondary N) is 2. The van der Waals surface area contributed by atoms with Crippen LogP contribution in [0.15, 0.2) is 29.8 Å². The molecule has 5 nitrogen and oxygen atoms in total. The molecule has 0 radical (unpaired) electrons. The van der Waals surface area contributed by atoms with Crippen molar-refractivity contribution < 1.29 is 4.79 Å². The first-order valence-corrected chi connectivity index (χ1v) is 10.2. The summed E-state index contributed by atoms with van der Waals surface area (Å²) < 4.78 is 0. The Hall–Kier alpha value is -2.08. The number of amides is 2. The molecular weight excluding hydrogens is 344 g/mol. The van der Waals surface area contributed by atoms with E-state index in [4.69, 9.17) is 0 Å². The number of anilines is 1. The van der Waals surface area contributed by atoms with Gasteiger partial charge in [0.15, 0.2) is 5.13 Å². The summed E-state index contributed by atoms with van der Waals surface area (Å²) in [6.45, 7) is 8.16. The van der Waals surface area contributed by atoms with Crippen LogP contribution < -0.4 is 15.5 Å². The molecule has 1 unspecified atom stereocenters. The van der Waals surface area contributed by atoms with E-state index in [1.54, 1.807) is 11.3 Å². The summed E-state index contributed by atoms with van der Waals surface area (Å²) in [5, 5.41) is 9.29. The number of carbonyl (C=O) groups excluding carboxylic acids is 1. The van der Waals surface area contributed by atoms with E-state index in [1.165, 1.54) is 16.7 Å². The van der Waals surface area contributed by atoms with Gasteiger partial charge in [0.05, 0.1) is 0 Å². The number of aromatic nitrogens is 1. The maximum atomic E-state index is 12.3. The Balaban J connectivity index is 1.42. The summed E-state index contributed by atoms with van der Waals surface area (Å²) in [6, 6.07) is 6.84. The number of piperidine rings is 1. The summed E-state index contributed by atoms with van der Waals surface area (Å²) in [5.74, 6) is 0. The standard InChI is InChI=1S/C20H28N4OS/c1-14-10-15(2)12-17(11-14)13-16(3)22-19(25)23-18-4-7-24(8-5-18)20-21-6-9-26-20/h6,9-12,16,18H,4-5,7-8,13H2,1-3H3,(H2,22,23,25). The largest absolute Gasteiger partial charge is 0.348 e. The van der Waals surface area contributed by atoms with Crippen molar-refractivity contribution in [2.45, 2.75) is 52.1 Å². The van der Waals surface area contributed by atoms with Crippen LogP contribution in [0.25, 0.3) is 0 Å². The maximum Gasteiger partial charge on any atom is 0.315 e. The van der Waals surface area contributed by atoms with E-state index in [2.05, 4.69) is 59.5 Å². The predicted octanol–water partition coefficient (Wildman–Crippen LogP) is 3.66. The Labute approximate surface area is 159 Å². The summed E-state index contributed by atoms with van der Waals surface area (Å²) in [5.41, 5.74) is 3.80. The minimum Gasteiger partial charge on any atom is -0.348 e. The molecular formula is C20H28N4OS. The van der Waals surface area contributed by atoms with E-state index in [-0.39, 0.29) is 18.1 Å². The van der Waals surface area contributed by atoms with Gasteiger partial charge in [0.2, 0.25) is 0 Å². The van der Waals surface area contributed by atoms with Gasteiger partial charge in [0.25, 0.3) is 0 Å². The highest BCUT2D eigenvalue weighted by Crippen LogP contribution is 2.21. The third-order valence-corrected chi connectivity index (χ3v) is 5.55. The van der Waals surface area contributed by atoms with Gasteiger partial charge < -0.3 is 15.5 Å². The first-order valence-electron chi connectivity index (χ1n) is 9.28. The molecule has 1 saturated heterocycles. The number of carbonyl (C=O) groups is 1. The van der Waals surface area contributed by atoms with Crippen LogP contribution in [0.5, 0.6) is 0 Å². The average Bonchev–Trinajstić information content (AvgIpc) is 3.08. The van der Waals surface area contributed by atoms with Crippen LogP contribution in [0.1, 0.15) is 36.5 Å². The number of benzene rings is 1. The van der Waals surface area contributed by atoms with Gasteiger partial charge in [-0.15, -0.1) is 11.3 Å². The molecule has 1 aromatic heterocycles.